The predicted octanol–water partition coefficient (Wildman–Crippen LogP) is 2.04. The number of rotatable bonds is 5. The molecule has 0 saturated heterocycles. The fourth-order valence-corrected chi connectivity index (χ4v) is 1.95. The zero-order valence-corrected chi connectivity index (χ0v) is 11.2. The van der Waals surface area contributed by atoms with Gasteiger partial charge in [-0.25, -0.2) is 4.98 Å². The molecule has 0 aliphatic rings. The number of hydrogen-bond acceptors (Lipinski definition) is 4. The summed E-state index contributed by atoms with van der Waals surface area (Å²) in [5.74, 6) is -0.0670. The van der Waals surface area contributed by atoms with Gasteiger partial charge in [0.25, 0.3) is 5.91 Å². The van der Waals surface area contributed by atoms with Crippen LogP contribution in [0.15, 0.2) is 53.4 Å². The lowest BCUT2D eigenvalue weighted by Gasteiger charge is -2.00. The van der Waals surface area contributed by atoms with Crippen molar-refractivity contribution in [3.8, 4) is 11.3 Å². The minimum Gasteiger partial charge on any atom is -0.350 e. The standard InChI is InChI=1S/C15H14N4O2/c20-15(17-7-6-12-9-16-10-18-12)14-8-13(19-21-14)11-4-2-1-3-5-11/h1-5,8-10H,6-7H2,(H,16,18)(H,17,20). The molecule has 0 saturated carbocycles. The van der Waals surface area contributed by atoms with Gasteiger partial charge in [-0.05, 0) is 0 Å². The van der Waals surface area contributed by atoms with Crippen LogP contribution in [0.4, 0.5) is 0 Å². The van der Waals surface area contributed by atoms with Gasteiger partial charge in [0.05, 0.1) is 6.33 Å². The summed E-state index contributed by atoms with van der Waals surface area (Å²) in [6.07, 6.45) is 4.03. The van der Waals surface area contributed by atoms with Crippen molar-refractivity contribution in [1.29, 1.82) is 0 Å². The van der Waals surface area contributed by atoms with E-state index >= 15 is 0 Å². The Morgan fingerprint density at radius 3 is 2.90 bits per heavy atom. The molecule has 0 bridgehead atoms. The van der Waals surface area contributed by atoms with Crippen LogP contribution in [0, 0.1) is 0 Å². The highest BCUT2D eigenvalue weighted by molar-refractivity contribution is 5.92. The molecule has 1 aromatic carbocycles. The van der Waals surface area contributed by atoms with Crippen LogP contribution in [-0.2, 0) is 6.42 Å². The third-order valence-corrected chi connectivity index (χ3v) is 3.04. The predicted molar refractivity (Wildman–Crippen MR) is 76.6 cm³/mol. The van der Waals surface area contributed by atoms with E-state index in [-0.39, 0.29) is 11.7 Å². The zero-order chi connectivity index (χ0) is 14.5. The molecule has 21 heavy (non-hydrogen) atoms. The molecule has 0 aliphatic carbocycles. The Labute approximate surface area is 121 Å². The Kier molecular flexibility index (Phi) is 3.77. The topological polar surface area (TPSA) is 83.8 Å². The number of hydrogen-bond donors (Lipinski definition) is 2. The normalized spacial score (nSPS) is 10.5. The number of carbonyl (C=O) groups is 1. The molecule has 0 spiro atoms. The van der Waals surface area contributed by atoms with Gasteiger partial charge in [-0.2, -0.15) is 0 Å². The highest BCUT2D eigenvalue weighted by atomic mass is 16.5. The van der Waals surface area contributed by atoms with Crippen LogP contribution in [0.5, 0.6) is 0 Å². The number of nitrogens with one attached hydrogen (secondary N) is 2. The first-order valence-electron chi connectivity index (χ1n) is 6.60. The number of imidazole rings is 1. The lowest BCUT2D eigenvalue weighted by molar-refractivity contribution is 0.0917. The molecular weight excluding hydrogens is 268 g/mol. The van der Waals surface area contributed by atoms with E-state index in [0.717, 1.165) is 11.3 Å². The van der Waals surface area contributed by atoms with E-state index in [2.05, 4.69) is 20.4 Å². The molecule has 106 valence electrons. The summed E-state index contributed by atoms with van der Waals surface area (Å²) in [6.45, 7) is 0.502. The minimum absolute atomic E-state index is 0.207. The van der Waals surface area contributed by atoms with Crippen LogP contribution in [0.3, 0.4) is 0 Å². The summed E-state index contributed by atoms with van der Waals surface area (Å²) < 4.78 is 5.09. The summed E-state index contributed by atoms with van der Waals surface area (Å²) in [7, 11) is 0. The van der Waals surface area contributed by atoms with Crippen molar-refractivity contribution in [2.75, 3.05) is 6.54 Å². The summed E-state index contributed by atoms with van der Waals surface area (Å²) in [5.41, 5.74) is 2.53. The highest BCUT2D eigenvalue weighted by Gasteiger charge is 2.13. The molecule has 0 fully saturated rings. The summed E-state index contributed by atoms with van der Waals surface area (Å²) >= 11 is 0. The van der Waals surface area contributed by atoms with Gasteiger partial charge in [-0.15, -0.1) is 0 Å². The monoisotopic (exact) mass is 282 g/mol. The Balaban J connectivity index is 1.59. The second-order valence-corrected chi connectivity index (χ2v) is 4.53. The van der Waals surface area contributed by atoms with E-state index in [1.807, 2.05) is 30.3 Å². The molecule has 2 aromatic heterocycles. The Hall–Kier alpha value is -2.89. The number of H-pyrrole nitrogens is 1. The second kappa shape index (κ2) is 6.04. The quantitative estimate of drug-likeness (QED) is 0.750. The smallest absolute Gasteiger partial charge is 0.289 e. The van der Waals surface area contributed by atoms with Gasteiger partial charge in [0.1, 0.15) is 5.69 Å². The molecule has 1 amide bonds. The first-order chi connectivity index (χ1) is 10.3. The molecule has 0 aliphatic heterocycles. The molecule has 0 atom stereocenters. The molecule has 2 heterocycles. The van der Waals surface area contributed by atoms with Gasteiger partial charge in [0.2, 0.25) is 5.76 Å². The van der Waals surface area contributed by atoms with E-state index in [0.29, 0.717) is 18.7 Å². The number of amides is 1. The van der Waals surface area contributed by atoms with Crippen molar-refractivity contribution in [3.63, 3.8) is 0 Å². The average Bonchev–Trinajstić information content (AvgIpc) is 3.20. The number of carbonyl (C=O) groups excluding carboxylic acids is 1. The van der Waals surface area contributed by atoms with Gasteiger partial charge in [0.15, 0.2) is 0 Å². The number of nitrogens with zero attached hydrogens (tertiary/aromatic N) is 2. The van der Waals surface area contributed by atoms with Crippen molar-refractivity contribution >= 4 is 5.91 Å². The van der Waals surface area contributed by atoms with Crippen LogP contribution in [0.1, 0.15) is 16.2 Å². The van der Waals surface area contributed by atoms with E-state index in [1.165, 1.54) is 0 Å². The third kappa shape index (κ3) is 3.17. The van der Waals surface area contributed by atoms with Crippen molar-refractivity contribution in [2.45, 2.75) is 6.42 Å². The molecular formula is C15H14N4O2. The van der Waals surface area contributed by atoms with Gasteiger partial charge >= 0.3 is 0 Å². The van der Waals surface area contributed by atoms with E-state index < -0.39 is 0 Å². The van der Waals surface area contributed by atoms with Gasteiger partial charge in [-0.3, -0.25) is 4.79 Å². The van der Waals surface area contributed by atoms with Crippen molar-refractivity contribution in [1.82, 2.24) is 20.4 Å². The summed E-state index contributed by atoms with van der Waals surface area (Å²) in [4.78, 5) is 18.8. The lowest BCUT2D eigenvalue weighted by atomic mass is 10.1. The molecule has 3 rings (SSSR count). The second-order valence-electron chi connectivity index (χ2n) is 4.53. The number of benzene rings is 1. The maximum absolute atomic E-state index is 11.9. The lowest BCUT2D eigenvalue weighted by Crippen LogP contribution is -2.25. The van der Waals surface area contributed by atoms with Crippen molar-refractivity contribution in [2.24, 2.45) is 0 Å². The Bertz CT molecular complexity index is 704. The van der Waals surface area contributed by atoms with Gasteiger partial charge in [0, 0.05) is 36.5 Å². The molecule has 6 heteroatoms. The van der Waals surface area contributed by atoms with Crippen LogP contribution in [-0.4, -0.2) is 27.6 Å². The van der Waals surface area contributed by atoms with Gasteiger partial charge in [-0.1, -0.05) is 35.5 Å². The molecule has 0 unspecified atom stereocenters. The molecule has 0 radical (unpaired) electrons. The molecule has 2 N–H and O–H groups in total. The van der Waals surface area contributed by atoms with E-state index in [9.17, 15) is 4.79 Å². The Morgan fingerprint density at radius 2 is 2.14 bits per heavy atom. The SMILES string of the molecule is O=C(NCCc1cnc[nH]1)c1cc(-c2ccccc2)no1. The van der Waals surface area contributed by atoms with E-state index in [1.54, 1.807) is 18.6 Å². The van der Waals surface area contributed by atoms with Crippen LogP contribution < -0.4 is 5.32 Å². The highest BCUT2D eigenvalue weighted by Crippen LogP contribution is 2.18. The maximum atomic E-state index is 11.9. The minimum atomic E-state index is -0.274. The number of aromatic nitrogens is 3. The fraction of sp³-hybridized carbons (Fsp3) is 0.133. The zero-order valence-electron chi connectivity index (χ0n) is 11.2. The van der Waals surface area contributed by atoms with Crippen molar-refractivity contribution in [3.05, 3.63) is 60.4 Å². The summed E-state index contributed by atoms with van der Waals surface area (Å²) in [6, 6.07) is 11.2. The number of aromatic amines is 1. The maximum Gasteiger partial charge on any atom is 0.289 e. The van der Waals surface area contributed by atoms with Crippen LogP contribution in [0.2, 0.25) is 0 Å². The molecule has 6 nitrogen and oxygen atoms in total. The third-order valence-electron chi connectivity index (χ3n) is 3.04. The van der Waals surface area contributed by atoms with Crippen molar-refractivity contribution < 1.29 is 9.32 Å². The first-order valence-corrected chi connectivity index (χ1v) is 6.60. The first kappa shape index (κ1) is 13.1. The van der Waals surface area contributed by atoms with Crippen LogP contribution >= 0.6 is 0 Å². The van der Waals surface area contributed by atoms with Gasteiger partial charge < -0.3 is 14.8 Å². The largest absolute Gasteiger partial charge is 0.350 e. The van der Waals surface area contributed by atoms with E-state index in [4.69, 9.17) is 4.52 Å². The summed E-state index contributed by atoms with van der Waals surface area (Å²) in [5, 5.41) is 6.70. The fourth-order valence-electron chi connectivity index (χ4n) is 1.95. The molecule has 3 aromatic rings. The Morgan fingerprint density at radius 1 is 1.29 bits per heavy atom. The van der Waals surface area contributed by atoms with Crippen LogP contribution in [0.25, 0.3) is 11.3 Å². The average molecular weight is 282 g/mol.